The fourth-order valence-electron chi connectivity index (χ4n) is 2.11. The lowest BCUT2D eigenvalue weighted by molar-refractivity contribution is 0.0624. The molecule has 1 aliphatic heterocycles. The lowest BCUT2D eigenvalue weighted by Gasteiger charge is -2.28. The summed E-state index contributed by atoms with van der Waals surface area (Å²) in [6, 6.07) is 3.72. The zero-order valence-electron chi connectivity index (χ0n) is 10.8. The predicted octanol–water partition coefficient (Wildman–Crippen LogP) is 2.33. The van der Waals surface area contributed by atoms with Gasteiger partial charge >= 0.3 is 0 Å². The maximum Gasteiger partial charge on any atom is 0.257 e. The van der Waals surface area contributed by atoms with Crippen LogP contribution < -0.4 is 0 Å². The number of pyridine rings is 1. The molecule has 0 saturated carbocycles. The monoisotopic (exact) mass is 300 g/mol. The second-order valence-corrected chi connectivity index (χ2v) is 5.86. The summed E-state index contributed by atoms with van der Waals surface area (Å²) < 4.78 is 5.10. The first-order valence-corrected chi connectivity index (χ1v) is 7.75. The number of nitrogens with zero attached hydrogens (tertiary/aromatic N) is 2. The van der Waals surface area contributed by atoms with Crippen molar-refractivity contribution in [1.29, 1.82) is 0 Å². The molecule has 19 heavy (non-hydrogen) atoms. The van der Waals surface area contributed by atoms with Gasteiger partial charge in [0.25, 0.3) is 5.91 Å². The zero-order chi connectivity index (χ0) is 13.7. The van der Waals surface area contributed by atoms with Crippen LogP contribution in [0.2, 0.25) is 5.15 Å². The molecule has 0 radical (unpaired) electrons. The summed E-state index contributed by atoms with van der Waals surface area (Å²) in [6.07, 6.45) is 2.61. The minimum Gasteiger partial charge on any atom is -0.383 e. The Hall–Kier alpha value is -0.780. The molecule has 1 amide bonds. The van der Waals surface area contributed by atoms with Crippen LogP contribution in [0.15, 0.2) is 18.3 Å². The van der Waals surface area contributed by atoms with E-state index in [1.165, 1.54) is 0 Å². The average Bonchev–Trinajstić information content (AvgIpc) is 2.93. The van der Waals surface area contributed by atoms with Crippen LogP contribution in [0.1, 0.15) is 16.8 Å². The summed E-state index contributed by atoms with van der Waals surface area (Å²) in [6.45, 7) is 1.12. The van der Waals surface area contributed by atoms with Crippen molar-refractivity contribution in [3.8, 4) is 0 Å². The highest BCUT2D eigenvalue weighted by molar-refractivity contribution is 7.99. The summed E-state index contributed by atoms with van der Waals surface area (Å²) >= 11 is 7.89. The highest BCUT2D eigenvalue weighted by Gasteiger charge is 2.28. The fourth-order valence-corrected chi connectivity index (χ4v) is 3.53. The molecule has 0 bridgehead atoms. The number of amides is 1. The van der Waals surface area contributed by atoms with Crippen molar-refractivity contribution >= 4 is 29.3 Å². The molecule has 104 valence electrons. The molecule has 1 aromatic rings. The number of halogens is 1. The van der Waals surface area contributed by atoms with Crippen LogP contribution >= 0.6 is 23.4 Å². The van der Waals surface area contributed by atoms with Crippen molar-refractivity contribution in [2.45, 2.75) is 12.5 Å². The minimum absolute atomic E-state index is 0.0531. The maximum absolute atomic E-state index is 12.6. The summed E-state index contributed by atoms with van der Waals surface area (Å²) in [5.41, 5.74) is 0.470. The van der Waals surface area contributed by atoms with Crippen LogP contribution in [0.3, 0.4) is 0 Å². The second kappa shape index (κ2) is 7.12. The Bertz CT molecular complexity index is 438. The molecule has 2 rings (SSSR count). The zero-order valence-corrected chi connectivity index (χ0v) is 12.4. The lowest BCUT2D eigenvalue weighted by atomic mass is 10.1. The number of rotatable bonds is 5. The molecule has 6 heteroatoms. The molecule has 1 saturated heterocycles. The van der Waals surface area contributed by atoms with Gasteiger partial charge in [0, 0.05) is 31.6 Å². The Kier molecular flexibility index (Phi) is 5.48. The van der Waals surface area contributed by atoms with Crippen LogP contribution in [0.25, 0.3) is 0 Å². The maximum atomic E-state index is 12.6. The van der Waals surface area contributed by atoms with Crippen molar-refractivity contribution in [2.75, 3.05) is 31.8 Å². The standard InChI is InChI=1S/C13H17ClN2O2S/c1-18-7-6-16(10-4-8-19-9-10)13(17)11-3-2-5-15-12(11)14/h2-3,5,10H,4,6-9H2,1H3. The summed E-state index contributed by atoms with van der Waals surface area (Å²) in [5, 5.41) is 0.264. The molecule has 1 aromatic heterocycles. The SMILES string of the molecule is COCCN(C(=O)c1cccnc1Cl)C1CCSC1. The molecule has 0 aliphatic carbocycles. The first-order valence-electron chi connectivity index (χ1n) is 6.22. The molecule has 1 aliphatic rings. The van der Waals surface area contributed by atoms with Crippen molar-refractivity contribution in [3.63, 3.8) is 0 Å². The minimum atomic E-state index is -0.0531. The van der Waals surface area contributed by atoms with Crippen LogP contribution in [-0.4, -0.2) is 53.6 Å². The Balaban J connectivity index is 2.17. The molecule has 1 unspecified atom stereocenters. The van der Waals surface area contributed by atoms with Gasteiger partial charge in [0.2, 0.25) is 0 Å². The first-order chi connectivity index (χ1) is 9.24. The topological polar surface area (TPSA) is 42.4 Å². The fraction of sp³-hybridized carbons (Fsp3) is 0.538. The molecule has 2 heterocycles. The average molecular weight is 301 g/mol. The quantitative estimate of drug-likeness (QED) is 0.783. The van der Waals surface area contributed by atoms with Crippen LogP contribution in [0.5, 0.6) is 0 Å². The van der Waals surface area contributed by atoms with Gasteiger partial charge in [-0.1, -0.05) is 11.6 Å². The summed E-state index contributed by atoms with van der Waals surface area (Å²) in [4.78, 5) is 18.4. The molecule has 0 N–H and O–H groups in total. The van der Waals surface area contributed by atoms with E-state index in [9.17, 15) is 4.79 Å². The number of aromatic nitrogens is 1. The normalized spacial score (nSPS) is 18.5. The van der Waals surface area contributed by atoms with Gasteiger partial charge in [-0.25, -0.2) is 4.98 Å². The molecular weight excluding hydrogens is 284 g/mol. The van der Waals surface area contributed by atoms with E-state index in [0.29, 0.717) is 18.7 Å². The van der Waals surface area contributed by atoms with Gasteiger partial charge in [0.1, 0.15) is 5.15 Å². The van der Waals surface area contributed by atoms with E-state index in [2.05, 4.69) is 4.98 Å². The van der Waals surface area contributed by atoms with Crippen molar-refractivity contribution in [1.82, 2.24) is 9.88 Å². The van der Waals surface area contributed by atoms with E-state index in [-0.39, 0.29) is 17.1 Å². The Morgan fingerprint density at radius 3 is 3.16 bits per heavy atom. The van der Waals surface area contributed by atoms with Gasteiger partial charge in [0.05, 0.1) is 12.2 Å². The van der Waals surface area contributed by atoms with Crippen LogP contribution in [0.4, 0.5) is 0 Å². The van der Waals surface area contributed by atoms with E-state index in [1.54, 1.807) is 25.4 Å². The number of carbonyl (C=O) groups excluding carboxylic acids is 1. The summed E-state index contributed by atoms with van der Waals surface area (Å²) in [5.74, 6) is 2.03. The number of methoxy groups -OCH3 is 1. The van der Waals surface area contributed by atoms with E-state index in [0.717, 1.165) is 17.9 Å². The Morgan fingerprint density at radius 2 is 2.53 bits per heavy atom. The van der Waals surface area contributed by atoms with E-state index in [1.807, 2.05) is 16.7 Å². The smallest absolute Gasteiger partial charge is 0.257 e. The molecule has 4 nitrogen and oxygen atoms in total. The molecule has 1 atom stereocenters. The number of hydrogen-bond acceptors (Lipinski definition) is 4. The van der Waals surface area contributed by atoms with Gasteiger partial charge in [-0.05, 0) is 24.3 Å². The largest absolute Gasteiger partial charge is 0.383 e. The third-order valence-electron chi connectivity index (χ3n) is 3.13. The van der Waals surface area contributed by atoms with Crippen molar-refractivity contribution in [3.05, 3.63) is 29.0 Å². The molecular formula is C13H17ClN2O2S. The second-order valence-electron chi connectivity index (χ2n) is 4.35. The third kappa shape index (κ3) is 3.61. The van der Waals surface area contributed by atoms with Gasteiger partial charge in [-0.15, -0.1) is 0 Å². The lowest BCUT2D eigenvalue weighted by Crippen LogP contribution is -2.42. The van der Waals surface area contributed by atoms with E-state index < -0.39 is 0 Å². The number of hydrogen-bond donors (Lipinski definition) is 0. The third-order valence-corrected chi connectivity index (χ3v) is 4.58. The number of ether oxygens (including phenoxy) is 1. The van der Waals surface area contributed by atoms with Gasteiger partial charge in [-0.3, -0.25) is 4.79 Å². The van der Waals surface area contributed by atoms with Gasteiger partial charge < -0.3 is 9.64 Å². The van der Waals surface area contributed by atoms with E-state index in [4.69, 9.17) is 16.3 Å². The Labute approximate surface area is 122 Å². The highest BCUT2D eigenvalue weighted by Crippen LogP contribution is 2.25. The Morgan fingerprint density at radius 1 is 1.68 bits per heavy atom. The molecule has 0 aromatic carbocycles. The first kappa shape index (κ1) is 14.6. The number of carbonyl (C=O) groups is 1. The highest BCUT2D eigenvalue weighted by atomic mass is 35.5. The predicted molar refractivity (Wildman–Crippen MR) is 77.9 cm³/mol. The van der Waals surface area contributed by atoms with Gasteiger partial charge in [-0.2, -0.15) is 11.8 Å². The van der Waals surface area contributed by atoms with Gasteiger partial charge in [0.15, 0.2) is 0 Å². The van der Waals surface area contributed by atoms with Crippen molar-refractivity contribution < 1.29 is 9.53 Å². The molecule has 1 fully saturated rings. The van der Waals surface area contributed by atoms with E-state index >= 15 is 0 Å². The molecule has 0 spiro atoms. The number of thioether (sulfide) groups is 1. The van der Waals surface area contributed by atoms with Crippen LogP contribution in [0, 0.1) is 0 Å². The van der Waals surface area contributed by atoms with Crippen LogP contribution in [-0.2, 0) is 4.74 Å². The summed E-state index contributed by atoms with van der Waals surface area (Å²) in [7, 11) is 1.64. The van der Waals surface area contributed by atoms with Crippen molar-refractivity contribution in [2.24, 2.45) is 0 Å².